The molecule has 1 saturated heterocycles. The molecule has 0 aromatic carbocycles. The topological polar surface area (TPSA) is 91.7 Å². The Morgan fingerprint density at radius 3 is 2.79 bits per heavy atom. The molecule has 2 N–H and O–H groups in total. The molecule has 0 radical (unpaired) electrons. The molecule has 0 unspecified atom stereocenters. The Labute approximate surface area is 141 Å². The first-order chi connectivity index (χ1) is 11.5. The van der Waals surface area contributed by atoms with Gasteiger partial charge in [-0.05, 0) is 19.4 Å². The Balaban J connectivity index is 1.69. The molecule has 7 nitrogen and oxygen atoms in total. The monoisotopic (exact) mass is 335 g/mol. The van der Waals surface area contributed by atoms with Gasteiger partial charge in [-0.25, -0.2) is 0 Å². The van der Waals surface area contributed by atoms with Crippen molar-refractivity contribution in [2.45, 2.75) is 39.2 Å². The average molecular weight is 335 g/mol. The van der Waals surface area contributed by atoms with Crippen LogP contribution in [0.4, 0.5) is 0 Å². The molecule has 2 atom stereocenters. The van der Waals surface area contributed by atoms with Crippen LogP contribution in [0.3, 0.4) is 0 Å². The fourth-order valence-corrected chi connectivity index (χ4v) is 2.91. The number of hydrogen-bond donors (Lipinski definition) is 2. The molecule has 24 heavy (non-hydrogen) atoms. The molecule has 1 aromatic rings. The summed E-state index contributed by atoms with van der Waals surface area (Å²) in [4.78, 5) is 37.7. The van der Waals surface area contributed by atoms with Crippen molar-refractivity contribution in [3.05, 3.63) is 24.2 Å². The maximum atomic E-state index is 12.2. The lowest BCUT2D eigenvalue weighted by atomic mass is 10.1. The van der Waals surface area contributed by atoms with E-state index in [0.717, 1.165) is 12.8 Å². The number of hydrogen-bond acceptors (Lipinski definition) is 4. The molecular weight excluding hydrogens is 310 g/mol. The predicted molar refractivity (Wildman–Crippen MR) is 88.2 cm³/mol. The Kier molecular flexibility index (Phi) is 6.40. The Bertz CT molecular complexity index is 570. The van der Waals surface area contributed by atoms with E-state index in [1.54, 1.807) is 11.0 Å². The lowest BCUT2D eigenvalue weighted by molar-refractivity contribution is -0.130. The van der Waals surface area contributed by atoms with Gasteiger partial charge in [-0.1, -0.05) is 13.3 Å². The molecule has 2 rings (SSSR count). The number of carbonyl (C=O) groups is 3. The SMILES string of the molecule is CCC[C@H](C)N1C[C@H](C(=O)NCCNC(=O)c2ccoc2)CC1=O. The van der Waals surface area contributed by atoms with Crippen LogP contribution in [0, 0.1) is 5.92 Å². The first-order valence-electron chi connectivity index (χ1n) is 8.40. The lowest BCUT2D eigenvalue weighted by Gasteiger charge is -2.24. The standard InChI is InChI=1S/C17H25N3O4/c1-3-4-12(2)20-10-14(9-15(20)21)17(23)19-7-6-18-16(22)13-5-8-24-11-13/h5,8,11-12,14H,3-4,6-7,9-10H2,1-2H3,(H,18,22)(H,19,23)/t12-,14+/m0/s1. The molecule has 132 valence electrons. The molecule has 3 amide bonds. The number of furan rings is 1. The van der Waals surface area contributed by atoms with Gasteiger partial charge >= 0.3 is 0 Å². The zero-order chi connectivity index (χ0) is 17.5. The summed E-state index contributed by atoms with van der Waals surface area (Å²) in [5, 5.41) is 5.47. The lowest BCUT2D eigenvalue weighted by Crippen LogP contribution is -2.39. The molecule has 2 heterocycles. The van der Waals surface area contributed by atoms with Gasteiger partial charge in [-0.3, -0.25) is 14.4 Å². The van der Waals surface area contributed by atoms with Gasteiger partial charge in [-0.2, -0.15) is 0 Å². The van der Waals surface area contributed by atoms with Gasteiger partial charge < -0.3 is 20.0 Å². The van der Waals surface area contributed by atoms with Crippen LogP contribution >= 0.6 is 0 Å². The molecule has 0 aliphatic carbocycles. The van der Waals surface area contributed by atoms with Crippen molar-refractivity contribution in [2.75, 3.05) is 19.6 Å². The van der Waals surface area contributed by atoms with Crippen molar-refractivity contribution in [3.8, 4) is 0 Å². The molecule has 1 aliphatic rings. The second-order valence-electron chi connectivity index (χ2n) is 6.14. The highest BCUT2D eigenvalue weighted by Gasteiger charge is 2.36. The first-order valence-corrected chi connectivity index (χ1v) is 8.40. The summed E-state index contributed by atoms with van der Waals surface area (Å²) in [5.41, 5.74) is 0.447. The second kappa shape index (κ2) is 8.52. The smallest absolute Gasteiger partial charge is 0.254 e. The first kappa shape index (κ1) is 18.0. The number of likely N-dealkylation sites (tertiary alicyclic amines) is 1. The molecule has 0 spiro atoms. The predicted octanol–water partition coefficient (Wildman–Crippen LogP) is 1.16. The summed E-state index contributed by atoms with van der Waals surface area (Å²) in [5.74, 6) is -0.633. The van der Waals surface area contributed by atoms with Crippen LogP contribution in [-0.2, 0) is 9.59 Å². The Hall–Kier alpha value is -2.31. The molecule has 1 fully saturated rings. The summed E-state index contributed by atoms with van der Waals surface area (Å²) >= 11 is 0. The zero-order valence-electron chi connectivity index (χ0n) is 14.2. The number of nitrogens with zero attached hydrogens (tertiary/aromatic N) is 1. The summed E-state index contributed by atoms with van der Waals surface area (Å²) < 4.78 is 4.84. The summed E-state index contributed by atoms with van der Waals surface area (Å²) in [7, 11) is 0. The highest BCUT2D eigenvalue weighted by molar-refractivity contribution is 5.93. The van der Waals surface area contributed by atoms with E-state index in [0.29, 0.717) is 25.2 Å². The fraction of sp³-hybridized carbons (Fsp3) is 0.588. The van der Waals surface area contributed by atoms with Crippen molar-refractivity contribution < 1.29 is 18.8 Å². The van der Waals surface area contributed by atoms with Crippen LogP contribution in [0.2, 0.25) is 0 Å². The van der Waals surface area contributed by atoms with Crippen LogP contribution < -0.4 is 10.6 Å². The maximum Gasteiger partial charge on any atom is 0.254 e. The van der Waals surface area contributed by atoms with Crippen molar-refractivity contribution in [1.82, 2.24) is 15.5 Å². The highest BCUT2D eigenvalue weighted by atomic mass is 16.3. The van der Waals surface area contributed by atoms with E-state index in [1.165, 1.54) is 12.5 Å². The van der Waals surface area contributed by atoms with Gasteiger partial charge in [0.25, 0.3) is 5.91 Å². The molecule has 0 bridgehead atoms. The van der Waals surface area contributed by atoms with Gasteiger partial charge in [0.1, 0.15) is 6.26 Å². The van der Waals surface area contributed by atoms with Crippen molar-refractivity contribution >= 4 is 17.7 Å². The highest BCUT2D eigenvalue weighted by Crippen LogP contribution is 2.22. The third kappa shape index (κ3) is 4.59. The summed E-state index contributed by atoms with van der Waals surface area (Å²) in [6.07, 6.45) is 5.02. The van der Waals surface area contributed by atoms with Gasteiger partial charge in [0.05, 0.1) is 17.7 Å². The minimum Gasteiger partial charge on any atom is -0.472 e. The molecule has 0 saturated carbocycles. The van der Waals surface area contributed by atoms with Crippen LogP contribution in [0.25, 0.3) is 0 Å². The molecule has 1 aliphatic heterocycles. The van der Waals surface area contributed by atoms with E-state index in [9.17, 15) is 14.4 Å². The third-order valence-electron chi connectivity index (χ3n) is 4.26. The van der Waals surface area contributed by atoms with Crippen molar-refractivity contribution in [2.24, 2.45) is 5.92 Å². The largest absolute Gasteiger partial charge is 0.472 e. The molecule has 1 aromatic heterocycles. The van der Waals surface area contributed by atoms with Crippen molar-refractivity contribution in [3.63, 3.8) is 0 Å². The van der Waals surface area contributed by atoms with Gasteiger partial charge in [0, 0.05) is 32.1 Å². The average Bonchev–Trinajstić information content (AvgIpc) is 3.21. The zero-order valence-corrected chi connectivity index (χ0v) is 14.2. The van der Waals surface area contributed by atoms with E-state index in [1.807, 2.05) is 6.92 Å². The van der Waals surface area contributed by atoms with Crippen LogP contribution in [0.1, 0.15) is 43.5 Å². The van der Waals surface area contributed by atoms with E-state index in [4.69, 9.17) is 4.42 Å². The fourth-order valence-electron chi connectivity index (χ4n) is 2.91. The molecular formula is C17H25N3O4. The van der Waals surface area contributed by atoms with Crippen molar-refractivity contribution in [1.29, 1.82) is 0 Å². The van der Waals surface area contributed by atoms with Gasteiger partial charge in [0.15, 0.2) is 0 Å². The summed E-state index contributed by atoms with van der Waals surface area (Å²) in [6.45, 7) is 5.24. The van der Waals surface area contributed by atoms with Crippen LogP contribution in [-0.4, -0.2) is 48.3 Å². The van der Waals surface area contributed by atoms with Crippen LogP contribution in [0.15, 0.2) is 23.0 Å². The van der Waals surface area contributed by atoms with Gasteiger partial charge in [-0.15, -0.1) is 0 Å². The normalized spacial score (nSPS) is 18.5. The van der Waals surface area contributed by atoms with E-state index >= 15 is 0 Å². The van der Waals surface area contributed by atoms with E-state index < -0.39 is 0 Å². The minimum absolute atomic E-state index is 0.0457. The third-order valence-corrected chi connectivity index (χ3v) is 4.26. The van der Waals surface area contributed by atoms with E-state index in [-0.39, 0.29) is 36.1 Å². The quantitative estimate of drug-likeness (QED) is 0.698. The Morgan fingerprint density at radius 2 is 2.12 bits per heavy atom. The second-order valence-corrected chi connectivity index (χ2v) is 6.14. The van der Waals surface area contributed by atoms with Crippen LogP contribution in [0.5, 0.6) is 0 Å². The van der Waals surface area contributed by atoms with E-state index in [2.05, 4.69) is 17.6 Å². The minimum atomic E-state index is -0.304. The van der Waals surface area contributed by atoms with Gasteiger partial charge in [0.2, 0.25) is 11.8 Å². The summed E-state index contributed by atoms with van der Waals surface area (Å²) in [6, 6.07) is 1.75. The number of rotatable bonds is 8. The Morgan fingerprint density at radius 1 is 1.38 bits per heavy atom. The number of amides is 3. The maximum absolute atomic E-state index is 12.2. The number of carbonyl (C=O) groups excluding carboxylic acids is 3. The number of nitrogens with one attached hydrogen (secondary N) is 2. The molecule has 7 heteroatoms.